The highest BCUT2D eigenvalue weighted by Gasteiger charge is 2.12. The monoisotopic (exact) mass is 302 g/mol. The van der Waals surface area contributed by atoms with Crippen LogP contribution >= 0.6 is 15.9 Å². The average Bonchev–Trinajstić information content (AvgIpc) is 2.33. The van der Waals surface area contributed by atoms with Gasteiger partial charge < -0.3 is 4.90 Å². The summed E-state index contributed by atoms with van der Waals surface area (Å²) in [5.74, 6) is -0.667. The summed E-state index contributed by atoms with van der Waals surface area (Å²) in [5.41, 5.74) is 0.299. The first-order chi connectivity index (χ1) is 8.15. The Labute approximate surface area is 109 Å². The summed E-state index contributed by atoms with van der Waals surface area (Å²) in [5, 5.41) is 0.985. The summed E-state index contributed by atoms with van der Waals surface area (Å²) in [6, 6.07) is 1.21. The molecule has 0 N–H and O–H groups in total. The number of pyridine rings is 1. The summed E-state index contributed by atoms with van der Waals surface area (Å²) in [7, 11) is 1.72. The molecule has 0 aromatic carbocycles. The van der Waals surface area contributed by atoms with Crippen LogP contribution in [0.4, 0.5) is 4.39 Å². The Morgan fingerprint density at radius 1 is 1.41 bits per heavy atom. The molecule has 0 saturated carbocycles. The second kappa shape index (κ2) is 7.37. The van der Waals surface area contributed by atoms with Crippen molar-refractivity contribution < 1.29 is 9.18 Å². The normalized spacial score (nSPS) is 10.3. The molecular formula is C12H16BrFN2O. The average molecular weight is 303 g/mol. The van der Waals surface area contributed by atoms with Crippen molar-refractivity contribution in [3.05, 3.63) is 29.8 Å². The maximum Gasteiger partial charge on any atom is 0.255 e. The second-order valence-electron chi connectivity index (χ2n) is 3.87. The van der Waals surface area contributed by atoms with E-state index in [-0.39, 0.29) is 5.91 Å². The van der Waals surface area contributed by atoms with E-state index in [1.54, 1.807) is 11.9 Å². The number of alkyl halides is 1. The van der Waals surface area contributed by atoms with Crippen molar-refractivity contribution in [3.8, 4) is 0 Å². The zero-order valence-electron chi connectivity index (χ0n) is 9.83. The van der Waals surface area contributed by atoms with Gasteiger partial charge in [0.1, 0.15) is 5.82 Å². The van der Waals surface area contributed by atoms with Gasteiger partial charge in [0.25, 0.3) is 5.91 Å². The molecule has 0 saturated heterocycles. The van der Waals surface area contributed by atoms with E-state index < -0.39 is 5.82 Å². The van der Waals surface area contributed by atoms with Crippen LogP contribution in [0.5, 0.6) is 0 Å². The van der Waals surface area contributed by atoms with Crippen LogP contribution in [0.15, 0.2) is 18.5 Å². The van der Waals surface area contributed by atoms with Gasteiger partial charge >= 0.3 is 0 Å². The maximum absolute atomic E-state index is 12.9. The van der Waals surface area contributed by atoms with Crippen LogP contribution < -0.4 is 0 Å². The van der Waals surface area contributed by atoms with Gasteiger partial charge in [0.05, 0.1) is 11.8 Å². The van der Waals surface area contributed by atoms with Crippen molar-refractivity contribution in [2.75, 3.05) is 18.9 Å². The lowest BCUT2D eigenvalue weighted by atomic mass is 10.2. The maximum atomic E-state index is 12.9. The van der Waals surface area contributed by atoms with Gasteiger partial charge in [-0.3, -0.25) is 9.78 Å². The van der Waals surface area contributed by atoms with E-state index in [2.05, 4.69) is 20.9 Å². The Bertz CT molecular complexity index is 373. The zero-order valence-corrected chi connectivity index (χ0v) is 11.4. The van der Waals surface area contributed by atoms with Crippen molar-refractivity contribution in [2.45, 2.75) is 19.3 Å². The van der Waals surface area contributed by atoms with E-state index in [0.717, 1.165) is 30.8 Å². The van der Waals surface area contributed by atoms with Crippen LogP contribution in [0.1, 0.15) is 29.6 Å². The first kappa shape index (κ1) is 14.1. The number of amides is 1. The van der Waals surface area contributed by atoms with Gasteiger partial charge in [-0.2, -0.15) is 0 Å². The number of carbonyl (C=O) groups is 1. The lowest BCUT2D eigenvalue weighted by molar-refractivity contribution is 0.0792. The summed E-state index contributed by atoms with van der Waals surface area (Å²) in [4.78, 5) is 17.1. The van der Waals surface area contributed by atoms with Crippen LogP contribution in [0.3, 0.4) is 0 Å². The topological polar surface area (TPSA) is 33.2 Å². The van der Waals surface area contributed by atoms with Gasteiger partial charge in [-0.05, 0) is 18.9 Å². The lowest BCUT2D eigenvalue weighted by Gasteiger charge is -2.16. The predicted molar refractivity (Wildman–Crippen MR) is 68.8 cm³/mol. The highest BCUT2D eigenvalue weighted by Crippen LogP contribution is 2.06. The molecule has 0 fully saturated rings. The minimum atomic E-state index is -0.483. The molecule has 0 atom stereocenters. The van der Waals surface area contributed by atoms with E-state index in [9.17, 15) is 9.18 Å². The minimum absolute atomic E-state index is 0.184. The van der Waals surface area contributed by atoms with Crippen molar-refractivity contribution in [3.63, 3.8) is 0 Å². The standard InChI is InChI=1S/C12H16BrFN2O/c1-16(6-4-2-3-5-13)12(17)10-7-11(14)9-15-8-10/h7-9H,2-6H2,1H3. The molecule has 1 heterocycles. The van der Waals surface area contributed by atoms with Crippen molar-refractivity contribution in [1.29, 1.82) is 0 Å². The number of unbranched alkanes of at least 4 members (excludes halogenated alkanes) is 2. The third-order valence-electron chi connectivity index (χ3n) is 2.43. The first-order valence-electron chi connectivity index (χ1n) is 5.57. The summed E-state index contributed by atoms with van der Waals surface area (Å²) >= 11 is 3.36. The van der Waals surface area contributed by atoms with Gasteiger partial charge in [-0.25, -0.2) is 4.39 Å². The Hall–Kier alpha value is -0.970. The number of rotatable bonds is 6. The Kier molecular flexibility index (Phi) is 6.11. The fraction of sp³-hybridized carbons (Fsp3) is 0.500. The quantitative estimate of drug-likeness (QED) is 0.598. The summed E-state index contributed by atoms with van der Waals surface area (Å²) in [6.45, 7) is 0.683. The highest BCUT2D eigenvalue weighted by molar-refractivity contribution is 9.09. The van der Waals surface area contributed by atoms with Crippen molar-refractivity contribution >= 4 is 21.8 Å². The highest BCUT2D eigenvalue weighted by atomic mass is 79.9. The lowest BCUT2D eigenvalue weighted by Crippen LogP contribution is -2.27. The number of aromatic nitrogens is 1. The Balaban J connectivity index is 2.46. The van der Waals surface area contributed by atoms with Gasteiger partial charge in [0.15, 0.2) is 0 Å². The Morgan fingerprint density at radius 3 is 2.82 bits per heavy atom. The van der Waals surface area contributed by atoms with E-state index in [1.165, 1.54) is 12.3 Å². The van der Waals surface area contributed by atoms with Crippen molar-refractivity contribution in [2.24, 2.45) is 0 Å². The third-order valence-corrected chi connectivity index (χ3v) is 2.99. The van der Waals surface area contributed by atoms with E-state index in [1.807, 2.05) is 0 Å². The largest absolute Gasteiger partial charge is 0.342 e. The molecule has 3 nitrogen and oxygen atoms in total. The molecule has 0 unspecified atom stereocenters. The van der Waals surface area contributed by atoms with Crippen molar-refractivity contribution in [1.82, 2.24) is 9.88 Å². The fourth-order valence-electron chi connectivity index (χ4n) is 1.47. The molecule has 0 radical (unpaired) electrons. The van der Waals surface area contributed by atoms with Crippen LogP contribution in [0.25, 0.3) is 0 Å². The zero-order chi connectivity index (χ0) is 12.7. The SMILES string of the molecule is CN(CCCCCBr)C(=O)c1cncc(F)c1. The molecule has 1 aromatic rings. The number of nitrogens with zero attached hydrogens (tertiary/aromatic N) is 2. The van der Waals surface area contributed by atoms with Crippen LogP contribution in [-0.4, -0.2) is 34.7 Å². The Morgan fingerprint density at radius 2 is 2.18 bits per heavy atom. The van der Waals surface area contributed by atoms with Gasteiger partial charge in [-0.15, -0.1) is 0 Å². The van der Waals surface area contributed by atoms with E-state index >= 15 is 0 Å². The molecule has 1 rings (SSSR count). The molecule has 0 aliphatic rings. The summed E-state index contributed by atoms with van der Waals surface area (Å²) < 4.78 is 12.9. The predicted octanol–water partition coefficient (Wildman–Crippen LogP) is 2.86. The first-order valence-corrected chi connectivity index (χ1v) is 6.69. The molecule has 0 spiro atoms. The molecule has 94 valence electrons. The molecular weight excluding hydrogens is 287 g/mol. The van der Waals surface area contributed by atoms with Crippen LogP contribution in [0, 0.1) is 5.82 Å². The molecule has 17 heavy (non-hydrogen) atoms. The van der Waals surface area contributed by atoms with E-state index in [0.29, 0.717) is 12.1 Å². The molecule has 5 heteroatoms. The molecule has 1 amide bonds. The molecule has 0 bridgehead atoms. The smallest absolute Gasteiger partial charge is 0.255 e. The summed E-state index contributed by atoms with van der Waals surface area (Å²) in [6.07, 6.45) is 5.61. The second-order valence-corrected chi connectivity index (χ2v) is 4.66. The number of halogens is 2. The van der Waals surface area contributed by atoms with Crippen LogP contribution in [0.2, 0.25) is 0 Å². The number of hydrogen-bond donors (Lipinski definition) is 0. The molecule has 0 aliphatic carbocycles. The minimum Gasteiger partial charge on any atom is -0.342 e. The number of carbonyl (C=O) groups excluding carboxylic acids is 1. The molecule has 0 aliphatic heterocycles. The van der Waals surface area contributed by atoms with Gasteiger partial charge in [-0.1, -0.05) is 22.4 Å². The van der Waals surface area contributed by atoms with Gasteiger partial charge in [0, 0.05) is 25.1 Å². The fourth-order valence-corrected chi connectivity index (χ4v) is 1.87. The third kappa shape index (κ3) is 4.81. The van der Waals surface area contributed by atoms with Gasteiger partial charge in [0.2, 0.25) is 0 Å². The van der Waals surface area contributed by atoms with Crippen LogP contribution in [-0.2, 0) is 0 Å². The number of hydrogen-bond acceptors (Lipinski definition) is 2. The van der Waals surface area contributed by atoms with E-state index in [4.69, 9.17) is 0 Å². The molecule has 1 aromatic heterocycles.